The molecular formula is C16H20N4OS. The number of nitrogens with two attached hydrogens (primary N) is 1. The van der Waals surface area contributed by atoms with Crippen molar-refractivity contribution >= 4 is 33.3 Å². The van der Waals surface area contributed by atoms with Crippen molar-refractivity contribution in [3.8, 4) is 0 Å². The number of likely N-dealkylation sites (tertiary alicyclic amines) is 1. The lowest BCUT2D eigenvalue weighted by atomic mass is 9.96. The first-order chi connectivity index (χ1) is 10.6. The maximum absolute atomic E-state index is 11.3. The third kappa shape index (κ3) is 2.09. The summed E-state index contributed by atoms with van der Waals surface area (Å²) in [6.45, 7) is 3.31. The van der Waals surface area contributed by atoms with Gasteiger partial charge in [0.25, 0.3) is 5.91 Å². The van der Waals surface area contributed by atoms with Crippen molar-refractivity contribution in [2.75, 3.05) is 31.6 Å². The lowest BCUT2D eigenvalue weighted by Gasteiger charge is -2.32. The number of primary amides is 1. The van der Waals surface area contributed by atoms with Crippen LogP contribution in [0.1, 0.15) is 28.9 Å². The van der Waals surface area contributed by atoms with Crippen LogP contribution in [0.15, 0.2) is 18.2 Å². The fourth-order valence-electron chi connectivity index (χ4n) is 3.85. The van der Waals surface area contributed by atoms with E-state index in [1.165, 1.54) is 37.1 Å². The first-order valence-electron chi connectivity index (χ1n) is 7.74. The molecule has 1 unspecified atom stereocenters. The summed E-state index contributed by atoms with van der Waals surface area (Å²) < 4.78 is 0. The van der Waals surface area contributed by atoms with Crippen LogP contribution in [0, 0.1) is 0 Å². The SMILES string of the molecule is CN1CCCC12CCN(c1ccc3cc(C(N)=O)sc3n1)C2. The van der Waals surface area contributed by atoms with Gasteiger partial charge in [-0.3, -0.25) is 9.69 Å². The molecule has 0 aromatic carbocycles. The van der Waals surface area contributed by atoms with Crippen LogP contribution in [0.5, 0.6) is 0 Å². The normalized spacial score (nSPS) is 25.6. The van der Waals surface area contributed by atoms with Gasteiger partial charge in [-0.25, -0.2) is 4.98 Å². The molecule has 5 nitrogen and oxygen atoms in total. The van der Waals surface area contributed by atoms with Crippen LogP contribution in [-0.4, -0.2) is 48.0 Å². The van der Waals surface area contributed by atoms with Crippen molar-refractivity contribution in [2.24, 2.45) is 5.73 Å². The highest BCUT2D eigenvalue weighted by Crippen LogP contribution is 2.38. The molecule has 1 spiro atoms. The minimum atomic E-state index is -0.378. The van der Waals surface area contributed by atoms with Crippen molar-refractivity contribution < 1.29 is 4.79 Å². The van der Waals surface area contributed by atoms with Gasteiger partial charge in [-0.2, -0.15) is 0 Å². The van der Waals surface area contributed by atoms with Crippen LogP contribution in [0.4, 0.5) is 5.82 Å². The Morgan fingerprint density at radius 3 is 2.95 bits per heavy atom. The Bertz CT molecular complexity index is 743. The molecule has 2 aliphatic rings. The van der Waals surface area contributed by atoms with Crippen LogP contribution < -0.4 is 10.6 Å². The number of pyridine rings is 1. The van der Waals surface area contributed by atoms with Gasteiger partial charge in [0.1, 0.15) is 10.6 Å². The number of hydrogen-bond acceptors (Lipinski definition) is 5. The van der Waals surface area contributed by atoms with E-state index < -0.39 is 0 Å². The fourth-order valence-corrected chi connectivity index (χ4v) is 4.73. The Hall–Kier alpha value is -1.66. The number of anilines is 1. The maximum atomic E-state index is 11.3. The van der Waals surface area contributed by atoms with E-state index in [-0.39, 0.29) is 5.91 Å². The molecule has 2 N–H and O–H groups in total. The number of carbonyl (C=O) groups is 1. The molecule has 2 saturated heterocycles. The minimum absolute atomic E-state index is 0.338. The van der Waals surface area contributed by atoms with Gasteiger partial charge in [0.15, 0.2) is 0 Å². The average Bonchev–Trinajstić information content (AvgIpc) is 3.19. The minimum Gasteiger partial charge on any atom is -0.365 e. The Morgan fingerprint density at radius 2 is 2.23 bits per heavy atom. The number of fused-ring (bicyclic) bond motifs is 1. The molecule has 2 aliphatic heterocycles. The molecular weight excluding hydrogens is 296 g/mol. The number of rotatable bonds is 2. The second kappa shape index (κ2) is 4.93. The number of aromatic nitrogens is 1. The maximum Gasteiger partial charge on any atom is 0.258 e. The zero-order valence-electron chi connectivity index (χ0n) is 12.7. The number of thiophene rings is 1. The molecule has 1 amide bonds. The van der Waals surface area contributed by atoms with Gasteiger partial charge in [-0.15, -0.1) is 11.3 Å². The molecule has 4 heterocycles. The van der Waals surface area contributed by atoms with Gasteiger partial charge in [0.05, 0.1) is 4.88 Å². The van der Waals surface area contributed by atoms with Gasteiger partial charge in [-0.05, 0) is 51.1 Å². The van der Waals surface area contributed by atoms with Gasteiger partial charge in [0.2, 0.25) is 0 Å². The number of likely N-dealkylation sites (N-methyl/N-ethyl adjacent to an activating group) is 1. The molecule has 116 valence electrons. The summed E-state index contributed by atoms with van der Waals surface area (Å²) in [7, 11) is 2.24. The molecule has 0 bridgehead atoms. The van der Waals surface area contributed by atoms with Crippen molar-refractivity contribution in [3.05, 3.63) is 23.1 Å². The summed E-state index contributed by atoms with van der Waals surface area (Å²) >= 11 is 1.38. The van der Waals surface area contributed by atoms with Crippen molar-refractivity contribution in [2.45, 2.75) is 24.8 Å². The highest BCUT2D eigenvalue weighted by atomic mass is 32.1. The smallest absolute Gasteiger partial charge is 0.258 e. The standard InChI is InChI=1S/C16H20N4OS/c1-19-7-2-5-16(19)6-8-20(10-16)13-4-3-11-9-12(14(17)21)22-15(11)18-13/h3-4,9H,2,5-8,10H2,1H3,(H2,17,21). The summed E-state index contributed by atoms with van der Waals surface area (Å²) in [6.07, 6.45) is 3.79. The molecule has 2 aromatic rings. The van der Waals surface area contributed by atoms with E-state index >= 15 is 0 Å². The first kappa shape index (κ1) is 14.0. The Balaban J connectivity index is 1.63. The summed E-state index contributed by atoms with van der Waals surface area (Å²) in [4.78, 5) is 22.4. The molecule has 0 aliphatic carbocycles. The number of carbonyl (C=O) groups excluding carboxylic acids is 1. The molecule has 0 radical (unpaired) electrons. The molecule has 6 heteroatoms. The molecule has 1 atom stereocenters. The zero-order chi connectivity index (χ0) is 15.3. The van der Waals surface area contributed by atoms with Gasteiger partial charge >= 0.3 is 0 Å². The molecule has 4 rings (SSSR count). The zero-order valence-corrected chi connectivity index (χ0v) is 13.5. The second-order valence-electron chi connectivity index (χ2n) is 6.46. The third-order valence-corrected chi connectivity index (χ3v) is 6.27. The number of nitrogens with zero attached hydrogens (tertiary/aromatic N) is 3. The van der Waals surface area contributed by atoms with Crippen molar-refractivity contribution in [3.63, 3.8) is 0 Å². The van der Waals surface area contributed by atoms with E-state index in [2.05, 4.69) is 22.9 Å². The first-order valence-corrected chi connectivity index (χ1v) is 8.56. The topological polar surface area (TPSA) is 62.5 Å². The van der Waals surface area contributed by atoms with E-state index in [4.69, 9.17) is 10.7 Å². The predicted octanol–water partition coefficient (Wildman–Crippen LogP) is 2.07. The molecule has 0 saturated carbocycles. The van der Waals surface area contributed by atoms with Crippen LogP contribution in [-0.2, 0) is 0 Å². The Morgan fingerprint density at radius 1 is 1.36 bits per heavy atom. The lowest BCUT2D eigenvalue weighted by Crippen LogP contribution is -2.43. The quantitative estimate of drug-likeness (QED) is 0.921. The van der Waals surface area contributed by atoms with Crippen LogP contribution in [0.3, 0.4) is 0 Å². The van der Waals surface area contributed by atoms with Crippen LogP contribution in [0.25, 0.3) is 10.2 Å². The largest absolute Gasteiger partial charge is 0.365 e. The van der Waals surface area contributed by atoms with E-state index in [1.807, 2.05) is 12.1 Å². The van der Waals surface area contributed by atoms with Crippen LogP contribution in [0.2, 0.25) is 0 Å². The molecule has 2 fully saturated rings. The van der Waals surface area contributed by atoms with Gasteiger partial charge in [0, 0.05) is 24.0 Å². The van der Waals surface area contributed by atoms with E-state index in [9.17, 15) is 4.79 Å². The van der Waals surface area contributed by atoms with E-state index in [1.54, 1.807) is 0 Å². The van der Waals surface area contributed by atoms with Gasteiger partial charge in [-0.1, -0.05) is 0 Å². The summed E-state index contributed by atoms with van der Waals surface area (Å²) in [5.41, 5.74) is 5.70. The van der Waals surface area contributed by atoms with E-state index in [0.717, 1.165) is 29.1 Å². The molecule has 2 aromatic heterocycles. The summed E-state index contributed by atoms with van der Waals surface area (Å²) in [5.74, 6) is 0.639. The summed E-state index contributed by atoms with van der Waals surface area (Å²) in [6, 6.07) is 5.94. The highest BCUT2D eigenvalue weighted by molar-refractivity contribution is 7.20. The Kier molecular flexibility index (Phi) is 3.13. The lowest BCUT2D eigenvalue weighted by molar-refractivity contribution is 0.100. The van der Waals surface area contributed by atoms with Crippen molar-refractivity contribution in [1.29, 1.82) is 0 Å². The van der Waals surface area contributed by atoms with Crippen LogP contribution >= 0.6 is 11.3 Å². The third-order valence-electron chi connectivity index (χ3n) is 5.21. The number of amides is 1. The highest BCUT2D eigenvalue weighted by Gasteiger charge is 2.44. The average molecular weight is 316 g/mol. The van der Waals surface area contributed by atoms with Crippen molar-refractivity contribution in [1.82, 2.24) is 9.88 Å². The predicted molar refractivity (Wildman–Crippen MR) is 89.6 cm³/mol. The van der Waals surface area contributed by atoms with E-state index in [0.29, 0.717) is 10.4 Å². The summed E-state index contributed by atoms with van der Waals surface area (Å²) in [5, 5.41) is 0.995. The monoisotopic (exact) mass is 316 g/mol. The number of hydrogen-bond donors (Lipinski definition) is 1. The Labute approximate surface area is 133 Å². The fraction of sp³-hybridized carbons (Fsp3) is 0.500. The van der Waals surface area contributed by atoms with Gasteiger partial charge < -0.3 is 10.6 Å². The second-order valence-corrected chi connectivity index (χ2v) is 7.49. The molecule has 22 heavy (non-hydrogen) atoms.